The van der Waals surface area contributed by atoms with Crippen LogP contribution in [0.4, 0.5) is 8.78 Å². The van der Waals surface area contributed by atoms with Gasteiger partial charge in [-0.3, -0.25) is 4.79 Å². The fourth-order valence-electron chi connectivity index (χ4n) is 3.72. The van der Waals surface area contributed by atoms with E-state index in [9.17, 15) is 22.0 Å². The molecule has 2 atom stereocenters. The zero-order chi connectivity index (χ0) is 21.3. The first-order valence-corrected chi connectivity index (χ1v) is 12.2. The highest BCUT2D eigenvalue weighted by molar-refractivity contribution is 8.15. The van der Waals surface area contributed by atoms with Crippen LogP contribution in [0.3, 0.4) is 0 Å². The molecule has 0 bridgehead atoms. The summed E-state index contributed by atoms with van der Waals surface area (Å²) in [6, 6.07) is 11.6. The first-order valence-electron chi connectivity index (χ1n) is 9.53. The topological polar surface area (TPSA) is 66.8 Å². The van der Waals surface area contributed by atoms with Gasteiger partial charge in [0.2, 0.25) is 0 Å². The van der Waals surface area contributed by atoms with Crippen molar-refractivity contribution in [1.82, 2.24) is 4.90 Å². The van der Waals surface area contributed by atoms with Crippen LogP contribution in [0.25, 0.3) is 0 Å². The van der Waals surface area contributed by atoms with E-state index in [4.69, 9.17) is 0 Å². The van der Waals surface area contributed by atoms with Crippen molar-refractivity contribution in [1.29, 1.82) is 0 Å². The van der Waals surface area contributed by atoms with Crippen LogP contribution in [0.2, 0.25) is 0 Å². The Kier molecular flexibility index (Phi) is 5.92. The minimum absolute atomic E-state index is 0.0409. The molecule has 30 heavy (non-hydrogen) atoms. The van der Waals surface area contributed by atoms with E-state index in [1.807, 2.05) is 4.90 Å². The number of fused-ring (bicyclic) bond motifs is 1. The third kappa shape index (κ3) is 4.89. The third-order valence-electron chi connectivity index (χ3n) is 5.22. The molecular formula is C21H20F2N2O3S2. The number of thioether (sulfide) groups is 1. The maximum atomic E-state index is 13.1. The van der Waals surface area contributed by atoms with E-state index in [2.05, 4.69) is 4.99 Å². The van der Waals surface area contributed by atoms with Crippen molar-refractivity contribution in [2.75, 3.05) is 18.1 Å². The molecule has 2 aromatic rings. The number of carbonyl (C=O) groups excluding carboxylic acids is 1. The second-order valence-electron chi connectivity index (χ2n) is 7.46. The second kappa shape index (κ2) is 8.47. The summed E-state index contributed by atoms with van der Waals surface area (Å²) in [6.45, 7) is 0.484. The summed E-state index contributed by atoms with van der Waals surface area (Å²) in [7, 11) is -3.12. The number of benzene rings is 2. The molecule has 0 aliphatic carbocycles. The van der Waals surface area contributed by atoms with Crippen molar-refractivity contribution in [3.63, 3.8) is 0 Å². The van der Waals surface area contributed by atoms with Crippen LogP contribution >= 0.6 is 11.8 Å². The van der Waals surface area contributed by atoms with Crippen molar-refractivity contribution in [2.45, 2.75) is 24.1 Å². The lowest BCUT2D eigenvalue weighted by Gasteiger charge is -2.24. The van der Waals surface area contributed by atoms with Gasteiger partial charge in [-0.2, -0.15) is 4.99 Å². The number of rotatable bonds is 5. The Labute approximate surface area is 178 Å². The third-order valence-corrected chi connectivity index (χ3v) is 8.47. The van der Waals surface area contributed by atoms with Gasteiger partial charge in [-0.15, -0.1) is 0 Å². The molecule has 0 aromatic heterocycles. The zero-order valence-electron chi connectivity index (χ0n) is 16.0. The lowest BCUT2D eigenvalue weighted by Crippen LogP contribution is -2.39. The fourth-order valence-corrected chi connectivity index (χ4v) is 7.72. The van der Waals surface area contributed by atoms with Crippen LogP contribution in [0, 0.1) is 11.6 Å². The highest BCUT2D eigenvalue weighted by atomic mass is 32.2. The van der Waals surface area contributed by atoms with Gasteiger partial charge < -0.3 is 4.90 Å². The molecule has 5 nitrogen and oxygen atoms in total. The number of carbonyl (C=O) groups is 1. The number of hydrogen-bond acceptors (Lipinski definition) is 4. The Balaban J connectivity index is 1.50. The van der Waals surface area contributed by atoms with Crippen LogP contribution in [0.15, 0.2) is 53.5 Å². The Morgan fingerprint density at radius 1 is 1.00 bits per heavy atom. The number of nitrogens with zero attached hydrogens (tertiary/aromatic N) is 2. The van der Waals surface area contributed by atoms with Gasteiger partial charge in [0, 0.05) is 11.8 Å². The second-order valence-corrected chi connectivity index (χ2v) is 10.8. The first-order chi connectivity index (χ1) is 14.3. The summed E-state index contributed by atoms with van der Waals surface area (Å²) >= 11 is 1.33. The summed E-state index contributed by atoms with van der Waals surface area (Å²) in [6.07, 6.45) is 0.624. The van der Waals surface area contributed by atoms with Crippen molar-refractivity contribution in [2.24, 2.45) is 4.99 Å². The molecule has 158 valence electrons. The van der Waals surface area contributed by atoms with Gasteiger partial charge in [-0.25, -0.2) is 17.2 Å². The van der Waals surface area contributed by atoms with E-state index in [1.165, 1.54) is 36.0 Å². The number of sulfone groups is 1. The molecule has 0 radical (unpaired) electrons. The SMILES string of the molecule is O=C(Cc1ccc(F)cc1)N=C1SC2CS(=O)(=O)CC2N1CCc1ccc(F)cc1. The number of halogens is 2. The Morgan fingerprint density at radius 2 is 1.60 bits per heavy atom. The van der Waals surface area contributed by atoms with Crippen LogP contribution in [0.1, 0.15) is 11.1 Å². The summed E-state index contributed by atoms with van der Waals surface area (Å²) < 4.78 is 50.3. The minimum atomic E-state index is -3.12. The molecule has 0 spiro atoms. The van der Waals surface area contributed by atoms with Crippen LogP contribution in [-0.2, 0) is 27.5 Å². The average Bonchev–Trinajstić information content (AvgIpc) is 3.14. The van der Waals surface area contributed by atoms with Gasteiger partial charge in [-0.1, -0.05) is 36.0 Å². The predicted octanol–water partition coefficient (Wildman–Crippen LogP) is 2.85. The molecule has 2 aliphatic heterocycles. The fraction of sp³-hybridized carbons (Fsp3) is 0.333. The predicted molar refractivity (Wildman–Crippen MR) is 113 cm³/mol. The van der Waals surface area contributed by atoms with Crippen molar-refractivity contribution in [3.8, 4) is 0 Å². The quantitative estimate of drug-likeness (QED) is 0.701. The number of hydrogen-bond donors (Lipinski definition) is 0. The molecule has 1 amide bonds. The maximum Gasteiger partial charge on any atom is 0.252 e. The van der Waals surface area contributed by atoms with Crippen molar-refractivity contribution >= 4 is 32.7 Å². The lowest BCUT2D eigenvalue weighted by atomic mass is 10.1. The highest BCUT2D eigenvalue weighted by Gasteiger charge is 2.48. The highest BCUT2D eigenvalue weighted by Crippen LogP contribution is 2.38. The molecule has 9 heteroatoms. The molecule has 2 heterocycles. The standard InChI is InChI=1S/C21H20F2N2O3S2/c22-16-5-1-14(2-6-16)9-10-25-18-12-30(27,28)13-19(18)29-21(25)24-20(26)11-15-3-7-17(23)8-4-15/h1-8,18-19H,9-13H2. The molecule has 2 saturated heterocycles. The van der Waals surface area contributed by atoms with Gasteiger partial charge in [0.05, 0.1) is 24.0 Å². The number of aliphatic imine (C=N–C) groups is 1. The van der Waals surface area contributed by atoms with E-state index < -0.39 is 9.84 Å². The minimum Gasteiger partial charge on any atom is -0.346 e. The summed E-state index contributed by atoms with van der Waals surface area (Å²) in [5, 5.41) is 0.370. The molecule has 2 fully saturated rings. The zero-order valence-corrected chi connectivity index (χ0v) is 17.6. The van der Waals surface area contributed by atoms with Gasteiger partial charge in [0.25, 0.3) is 5.91 Å². The Bertz CT molecular complexity index is 1070. The van der Waals surface area contributed by atoms with Gasteiger partial charge >= 0.3 is 0 Å². The van der Waals surface area contributed by atoms with Crippen LogP contribution < -0.4 is 0 Å². The molecule has 2 aromatic carbocycles. The number of amides is 1. The molecule has 2 aliphatic rings. The summed E-state index contributed by atoms with van der Waals surface area (Å²) in [5.41, 5.74) is 1.58. The summed E-state index contributed by atoms with van der Waals surface area (Å²) in [5.74, 6) is -0.936. The van der Waals surface area contributed by atoms with E-state index in [0.717, 1.165) is 5.56 Å². The largest absolute Gasteiger partial charge is 0.346 e. The van der Waals surface area contributed by atoms with E-state index in [0.29, 0.717) is 23.7 Å². The molecule has 0 saturated carbocycles. The van der Waals surface area contributed by atoms with Gasteiger partial charge in [-0.05, 0) is 41.8 Å². The smallest absolute Gasteiger partial charge is 0.252 e. The maximum absolute atomic E-state index is 13.1. The van der Waals surface area contributed by atoms with Gasteiger partial charge in [0.15, 0.2) is 15.0 Å². The summed E-state index contributed by atoms with van der Waals surface area (Å²) in [4.78, 5) is 18.6. The van der Waals surface area contributed by atoms with E-state index >= 15 is 0 Å². The Hall–Kier alpha value is -2.26. The van der Waals surface area contributed by atoms with Crippen molar-refractivity contribution < 1.29 is 22.0 Å². The molecule has 2 unspecified atom stereocenters. The number of amidine groups is 1. The van der Waals surface area contributed by atoms with Crippen molar-refractivity contribution in [3.05, 3.63) is 71.3 Å². The first kappa shape index (κ1) is 21.0. The lowest BCUT2D eigenvalue weighted by molar-refractivity contribution is -0.117. The van der Waals surface area contributed by atoms with E-state index in [1.54, 1.807) is 24.3 Å². The van der Waals surface area contributed by atoms with Crippen LogP contribution in [-0.4, -0.2) is 53.7 Å². The van der Waals surface area contributed by atoms with Crippen LogP contribution in [0.5, 0.6) is 0 Å². The molecular weight excluding hydrogens is 430 g/mol. The molecule has 0 N–H and O–H groups in total. The van der Waals surface area contributed by atoms with E-state index in [-0.39, 0.29) is 46.8 Å². The molecule has 4 rings (SSSR count). The van der Waals surface area contributed by atoms with Gasteiger partial charge in [0.1, 0.15) is 11.6 Å². The normalized spacial score (nSPS) is 23.7. The average molecular weight is 451 g/mol. The Morgan fingerprint density at radius 3 is 2.23 bits per heavy atom. The monoisotopic (exact) mass is 450 g/mol.